The van der Waals surface area contributed by atoms with Crippen LogP contribution in [-0.4, -0.2) is 44.8 Å². The number of hydrogen-bond acceptors (Lipinski definition) is 6. The molecule has 2 aliphatic rings. The van der Waals surface area contributed by atoms with E-state index in [2.05, 4.69) is 4.98 Å². The van der Waals surface area contributed by atoms with Crippen LogP contribution < -0.4 is 4.90 Å². The summed E-state index contributed by atoms with van der Waals surface area (Å²) >= 11 is 0. The Morgan fingerprint density at radius 1 is 0.922 bits per heavy atom. The summed E-state index contributed by atoms with van der Waals surface area (Å²) in [5.41, 5.74) is -1.34. The standard InChI is InChI=1S/C38H32F6N2O5/c1-20-14-28-34(36(51)46(35(28)50)25-17-23(37(39,40)41)16-24(18-25)38(42,43)44)29(19-47)33(20)32(49)12-10-22(30-8-4-5-13-45-30)15-21-9-11-31(48)27-7-3-2-6-26(21)27/h2-9,11,13,15-18,28-29,32,34,47-49H,10,12,14,19H2,1H3/b22-15-/t28-,29+,32-,34-/m1/s1. The summed E-state index contributed by atoms with van der Waals surface area (Å²) in [4.78, 5) is 32.2. The number of hydrogen-bond donors (Lipinski definition) is 3. The predicted octanol–water partition coefficient (Wildman–Crippen LogP) is 7.79. The highest BCUT2D eigenvalue weighted by Gasteiger charge is 2.55. The fourth-order valence-electron chi connectivity index (χ4n) is 7.33. The van der Waals surface area contributed by atoms with Crippen LogP contribution in [0.25, 0.3) is 22.4 Å². The van der Waals surface area contributed by atoms with Crippen molar-refractivity contribution in [2.75, 3.05) is 11.5 Å². The lowest BCUT2D eigenvalue weighted by molar-refractivity contribution is -0.143. The Bertz CT molecular complexity index is 2030. The maximum absolute atomic E-state index is 13.8. The molecule has 13 heteroatoms. The zero-order valence-electron chi connectivity index (χ0n) is 27.0. The molecule has 2 amide bonds. The maximum atomic E-state index is 13.8. The second kappa shape index (κ2) is 13.6. The number of imide groups is 1. The van der Waals surface area contributed by atoms with E-state index in [9.17, 15) is 51.3 Å². The summed E-state index contributed by atoms with van der Waals surface area (Å²) in [6.07, 6.45) is -7.91. The number of aliphatic hydroxyl groups is 2. The van der Waals surface area contributed by atoms with Crippen molar-refractivity contribution in [3.05, 3.63) is 113 Å². The maximum Gasteiger partial charge on any atom is 0.416 e. The Labute approximate surface area is 288 Å². The molecule has 4 atom stereocenters. The first-order valence-corrected chi connectivity index (χ1v) is 16.1. The third kappa shape index (κ3) is 6.87. The van der Waals surface area contributed by atoms with Gasteiger partial charge >= 0.3 is 12.4 Å². The highest BCUT2D eigenvalue weighted by molar-refractivity contribution is 6.22. The van der Waals surface area contributed by atoms with E-state index in [1.54, 1.807) is 55.6 Å². The SMILES string of the molecule is CC1=C([C@H](O)CC/C(=C/c2ccc(O)c3ccccc23)c2ccccn2)[C@H](CO)[C@@H]2C(=O)N(c3cc(C(F)(F)F)cc(C(F)(F)F)c3)C(=O)[C@@H]2C1. The topological polar surface area (TPSA) is 111 Å². The number of anilines is 1. The number of aliphatic hydroxyl groups excluding tert-OH is 2. The molecule has 1 fully saturated rings. The van der Waals surface area contributed by atoms with E-state index in [4.69, 9.17) is 0 Å². The van der Waals surface area contributed by atoms with Crippen LogP contribution in [0.15, 0.2) is 90.1 Å². The van der Waals surface area contributed by atoms with Gasteiger partial charge in [0, 0.05) is 17.5 Å². The van der Waals surface area contributed by atoms with Gasteiger partial charge in [-0.05, 0) is 90.8 Å². The van der Waals surface area contributed by atoms with Gasteiger partial charge in [0.25, 0.3) is 0 Å². The number of phenolic OH excluding ortho intramolecular Hbond substituents is 1. The summed E-state index contributed by atoms with van der Waals surface area (Å²) in [5, 5.41) is 34.0. The molecule has 0 radical (unpaired) electrons. The van der Waals surface area contributed by atoms with E-state index >= 15 is 0 Å². The monoisotopic (exact) mass is 710 g/mol. The molecule has 3 N–H and O–H groups in total. The smallest absolute Gasteiger partial charge is 0.416 e. The number of aromatic hydroxyl groups is 1. The van der Waals surface area contributed by atoms with Crippen LogP contribution >= 0.6 is 0 Å². The number of alkyl halides is 6. The molecule has 0 bridgehead atoms. The molecule has 2 heterocycles. The molecule has 3 aromatic carbocycles. The van der Waals surface area contributed by atoms with Gasteiger partial charge < -0.3 is 15.3 Å². The molecule has 51 heavy (non-hydrogen) atoms. The summed E-state index contributed by atoms with van der Waals surface area (Å²) in [6, 6.07) is 16.5. The molecule has 1 saturated heterocycles. The number of nitrogens with zero attached hydrogens (tertiary/aromatic N) is 2. The second-order valence-corrected chi connectivity index (χ2v) is 12.8. The van der Waals surface area contributed by atoms with E-state index in [0.29, 0.717) is 33.7 Å². The van der Waals surface area contributed by atoms with Crippen molar-refractivity contribution in [1.29, 1.82) is 0 Å². The lowest BCUT2D eigenvalue weighted by atomic mass is 9.68. The first-order valence-electron chi connectivity index (χ1n) is 16.1. The molecule has 1 aromatic heterocycles. The highest BCUT2D eigenvalue weighted by atomic mass is 19.4. The Kier molecular flexibility index (Phi) is 9.55. The average Bonchev–Trinajstić information content (AvgIpc) is 3.34. The van der Waals surface area contributed by atoms with Crippen LogP contribution in [0.3, 0.4) is 0 Å². The van der Waals surface area contributed by atoms with Crippen LogP contribution in [0.2, 0.25) is 0 Å². The average molecular weight is 711 g/mol. The molecule has 0 spiro atoms. The third-order valence-corrected chi connectivity index (χ3v) is 9.66. The van der Waals surface area contributed by atoms with Crippen LogP contribution in [0.1, 0.15) is 48.6 Å². The van der Waals surface area contributed by atoms with Crippen LogP contribution in [0, 0.1) is 17.8 Å². The molecule has 7 nitrogen and oxygen atoms in total. The zero-order chi connectivity index (χ0) is 36.8. The van der Waals surface area contributed by atoms with Crippen molar-refractivity contribution in [1.82, 2.24) is 4.98 Å². The van der Waals surface area contributed by atoms with Crippen LogP contribution in [0.5, 0.6) is 5.75 Å². The quantitative estimate of drug-likeness (QED) is 0.0979. The Balaban J connectivity index is 1.31. The van der Waals surface area contributed by atoms with Crippen molar-refractivity contribution in [2.45, 2.75) is 44.6 Å². The number of allylic oxidation sites excluding steroid dienone is 2. The van der Waals surface area contributed by atoms with Gasteiger partial charge in [-0.1, -0.05) is 42.0 Å². The van der Waals surface area contributed by atoms with Crippen molar-refractivity contribution < 1.29 is 51.3 Å². The van der Waals surface area contributed by atoms with Gasteiger partial charge in [0.05, 0.1) is 47.1 Å². The number of amides is 2. The molecular formula is C38H32F6N2O5. The summed E-state index contributed by atoms with van der Waals surface area (Å²) < 4.78 is 81.7. The first-order chi connectivity index (χ1) is 24.1. The number of phenols is 1. The Morgan fingerprint density at radius 3 is 2.18 bits per heavy atom. The summed E-state index contributed by atoms with van der Waals surface area (Å²) in [7, 11) is 0. The van der Waals surface area contributed by atoms with Gasteiger partial charge in [0.2, 0.25) is 11.8 Å². The Hall–Kier alpha value is -5.01. The zero-order valence-corrected chi connectivity index (χ0v) is 27.0. The molecule has 1 aliphatic heterocycles. The normalized spacial score (nSPS) is 20.7. The number of benzene rings is 3. The molecule has 6 rings (SSSR count). The van der Waals surface area contributed by atoms with Crippen molar-refractivity contribution in [3.63, 3.8) is 0 Å². The number of carbonyl (C=O) groups excluding carboxylic acids is 2. The predicted molar refractivity (Wildman–Crippen MR) is 177 cm³/mol. The number of pyridine rings is 1. The number of aromatic nitrogens is 1. The first kappa shape index (κ1) is 35.8. The van der Waals surface area contributed by atoms with Gasteiger partial charge in [0.1, 0.15) is 5.75 Å². The summed E-state index contributed by atoms with van der Waals surface area (Å²) in [6.45, 7) is 0.901. The summed E-state index contributed by atoms with van der Waals surface area (Å²) in [5.74, 6) is -5.54. The van der Waals surface area contributed by atoms with E-state index in [1.807, 2.05) is 18.2 Å². The number of fused-ring (bicyclic) bond motifs is 2. The van der Waals surface area contributed by atoms with Gasteiger partial charge in [-0.25, -0.2) is 4.90 Å². The fourth-order valence-corrected chi connectivity index (χ4v) is 7.33. The van der Waals surface area contributed by atoms with E-state index < -0.39 is 71.4 Å². The van der Waals surface area contributed by atoms with Crippen LogP contribution in [-0.2, 0) is 21.9 Å². The van der Waals surface area contributed by atoms with Crippen molar-refractivity contribution >= 4 is 39.9 Å². The van der Waals surface area contributed by atoms with E-state index in [0.717, 1.165) is 16.5 Å². The van der Waals surface area contributed by atoms with E-state index in [-0.39, 0.29) is 36.7 Å². The third-order valence-electron chi connectivity index (χ3n) is 9.66. The minimum atomic E-state index is -5.20. The number of rotatable bonds is 8. The molecular weight excluding hydrogens is 678 g/mol. The van der Waals surface area contributed by atoms with Gasteiger partial charge in [-0.15, -0.1) is 0 Å². The highest BCUT2D eigenvalue weighted by Crippen LogP contribution is 2.48. The minimum absolute atomic E-state index is 0.0768. The minimum Gasteiger partial charge on any atom is -0.507 e. The largest absolute Gasteiger partial charge is 0.507 e. The lowest BCUT2D eigenvalue weighted by Crippen LogP contribution is -2.38. The van der Waals surface area contributed by atoms with Crippen LogP contribution in [0.4, 0.5) is 32.0 Å². The molecule has 4 aromatic rings. The van der Waals surface area contributed by atoms with Gasteiger partial charge in [0.15, 0.2) is 0 Å². The molecule has 0 saturated carbocycles. The molecule has 1 aliphatic carbocycles. The van der Waals surface area contributed by atoms with Crippen molar-refractivity contribution in [3.8, 4) is 5.75 Å². The fraction of sp³-hybridized carbons (Fsp3) is 0.289. The Morgan fingerprint density at radius 2 is 1.57 bits per heavy atom. The lowest BCUT2D eigenvalue weighted by Gasteiger charge is -2.35. The molecule has 0 unspecified atom stereocenters. The van der Waals surface area contributed by atoms with Crippen molar-refractivity contribution in [2.24, 2.45) is 17.8 Å². The van der Waals surface area contributed by atoms with Gasteiger partial charge in [-0.2, -0.15) is 26.3 Å². The van der Waals surface area contributed by atoms with Gasteiger partial charge in [-0.3, -0.25) is 14.6 Å². The number of carbonyl (C=O) groups is 2. The molecule has 266 valence electrons. The second-order valence-electron chi connectivity index (χ2n) is 12.8. The van der Waals surface area contributed by atoms with E-state index in [1.165, 1.54) is 0 Å². The number of halogens is 6.